The van der Waals surface area contributed by atoms with Crippen molar-refractivity contribution in [1.82, 2.24) is 0 Å². The van der Waals surface area contributed by atoms with E-state index in [2.05, 4.69) is 13.0 Å². The number of furan rings is 1. The van der Waals surface area contributed by atoms with Crippen LogP contribution in [0.25, 0.3) is 0 Å². The van der Waals surface area contributed by atoms with Crippen LogP contribution in [0.1, 0.15) is 49.2 Å². The molecule has 1 unspecified atom stereocenters. The van der Waals surface area contributed by atoms with Crippen LogP contribution in [-0.4, -0.2) is 11.1 Å². The molecule has 0 aliphatic heterocycles. The average Bonchev–Trinajstić information content (AvgIpc) is 2.61. The third-order valence-electron chi connectivity index (χ3n) is 3.03. The van der Waals surface area contributed by atoms with Crippen molar-refractivity contribution < 1.29 is 14.3 Å². The molecule has 0 fully saturated rings. The Morgan fingerprint density at radius 3 is 3.13 bits per heavy atom. The number of fused-ring (bicyclic) bond motifs is 1. The number of carbonyl (C=O) groups is 1. The van der Waals surface area contributed by atoms with E-state index in [1.807, 2.05) is 0 Å². The summed E-state index contributed by atoms with van der Waals surface area (Å²) in [6.45, 7) is 2.05. The maximum atomic E-state index is 10.7. The van der Waals surface area contributed by atoms with Crippen LogP contribution in [0.3, 0.4) is 0 Å². The Morgan fingerprint density at radius 2 is 2.47 bits per heavy atom. The Morgan fingerprint density at radius 1 is 1.67 bits per heavy atom. The first kappa shape index (κ1) is 10.3. The van der Waals surface area contributed by atoms with E-state index in [4.69, 9.17) is 9.52 Å². The van der Waals surface area contributed by atoms with Gasteiger partial charge in [-0.2, -0.15) is 0 Å². The van der Waals surface area contributed by atoms with E-state index in [0.717, 1.165) is 37.2 Å². The second kappa shape index (κ2) is 4.09. The number of carboxylic acids is 1. The minimum absolute atomic E-state index is 0.0894. The molecular weight excluding hydrogens is 192 g/mol. The summed E-state index contributed by atoms with van der Waals surface area (Å²) in [7, 11) is 0. The quantitative estimate of drug-likeness (QED) is 0.830. The van der Waals surface area contributed by atoms with Crippen molar-refractivity contribution in [3.8, 4) is 0 Å². The summed E-state index contributed by atoms with van der Waals surface area (Å²) in [5.41, 5.74) is 1.23. The van der Waals surface area contributed by atoms with Crippen molar-refractivity contribution in [3.05, 3.63) is 23.2 Å². The third-order valence-corrected chi connectivity index (χ3v) is 3.03. The van der Waals surface area contributed by atoms with Gasteiger partial charge in [0.1, 0.15) is 11.5 Å². The Bertz CT molecular complexity index is 365. The molecule has 0 bridgehead atoms. The summed E-state index contributed by atoms with van der Waals surface area (Å²) in [5, 5.41) is 8.81. The normalized spacial score (nSPS) is 19.9. The lowest BCUT2D eigenvalue weighted by atomic mass is 9.86. The van der Waals surface area contributed by atoms with Crippen molar-refractivity contribution in [2.24, 2.45) is 0 Å². The predicted molar refractivity (Wildman–Crippen MR) is 56.0 cm³/mol. The topological polar surface area (TPSA) is 50.4 Å². The highest BCUT2D eigenvalue weighted by Crippen LogP contribution is 2.36. The summed E-state index contributed by atoms with van der Waals surface area (Å²) in [5.74, 6) is 1.27. The molecule has 1 aliphatic carbocycles. The smallest absolute Gasteiger partial charge is 0.304 e. The van der Waals surface area contributed by atoms with Gasteiger partial charge in [-0.15, -0.1) is 0 Å². The molecule has 82 valence electrons. The number of rotatable bonds is 3. The molecule has 15 heavy (non-hydrogen) atoms. The summed E-state index contributed by atoms with van der Waals surface area (Å²) >= 11 is 0. The second-order valence-electron chi connectivity index (χ2n) is 4.14. The summed E-state index contributed by atoms with van der Waals surface area (Å²) in [6, 6.07) is 2.09. The minimum Gasteiger partial charge on any atom is -0.481 e. The van der Waals surface area contributed by atoms with Crippen LogP contribution in [0.15, 0.2) is 10.5 Å². The predicted octanol–water partition coefficient (Wildman–Crippen LogP) is 2.74. The zero-order valence-electron chi connectivity index (χ0n) is 8.95. The van der Waals surface area contributed by atoms with Crippen LogP contribution < -0.4 is 0 Å². The summed E-state index contributed by atoms with van der Waals surface area (Å²) in [4.78, 5) is 10.7. The van der Waals surface area contributed by atoms with E-state index in [0.29, 0.717) is 0 Å². The lowest BCUT2D eigenvalue weighted by Crippen LogP contribution is -2.11. The Kier molecular flexibility index (Phi) is 2.80. The highest BCUT2D eigenvalue weighted by atomic mass is 16.4. The fraction of sp³-hybridized carbons (Fsp3) is 0.583. The molecule has 0 saturated heterocycles. The van der Waals surface area contributed by atoms with Crippen molar-refractivity contribution in [1.29, 1.82) is 0 Å². The van der Waals surface area contributed by atoms with Crippen molar-refractivity contribution >= 4 is 5.97 Å². The van der Waals surface area contributed by atoms with Gasteiger partial charge >= 0.3 is 5.97 Å². The first-order chi connectivity index (χ1) is 7.20. The number of hydrogen-bond acceptors (Lipinski definition) is 2. The van der Waals surface area contributed by atoms with E-state index in [1.165, 1.54) is 5.56 Å². The molecule has 2 rings (SSSR count). The fourth-order valence-electron chi connectivity index (χ4n) is 2.29. The standard InChI is InChI=1S/C12H16O3/c1-2-10-6-8-4-3-5-9(7-11(13)14)12(8)15-10/h6,9H,2-5,7H2,1H3,(H,13,14). The van der Waals surface area contributed by atoms with Gasteiger partial charge in [-0.3, -0.25) is 4.79 Å². The Labute approximate surface area is 89.1 Å². The number of aryl methyl sites for hydroxylation is 2. The Hall–Kier alpha value is -1.25. The van der Waals surface area contributed by atoms with E-state index < -0.39 is 5.97 Å². The van der Waals surface area contributed by atoms with Gasteiger partial charge < -0.3 is 9.52 Å². The highest BCUT2D eigenvalue weighted by Gasteiger charge is 2.26. The number of aliphatic carboxylic acids is 1. The van der Waals surface area contributed by atoms with E-state index >= 15 is 0 Å². The van der Waals surface area contributed by atoms with Crippen LogP contribution >= 0.6 is 0 Å². The summed E-state index contributed by atoms with van der Waals surface area (Å²) in [6.07, 6.45) is 4.13. The molecule has 3 nitrogen and oxygen atoms in total. The molecule has 3 heteroatoms. The molecule has 0 spiro atoms. The van der Waals surface area contributed by atoms with Gasteiger partial charge in [-0.1, -0.05) is 6.92 Å². The molecule has 1 aromatic heterocycles. The molecule has 1 aliphatic rings. The molecular formula is C12H16O3. The second-order valence-corrected chi connectivity index (χ2v) is 4.14. The van der Waals surface area contributed by atoms with Gasteiger partial charge in [0.15, 0.2) is 0 Å². The molecule has 0 amide bonds. The van der Waals surface area contributed by atoms with Crippen LogP contribution in [0.4, 0.5) is 0 Å². The van der Waals surface area contributed by atoms with Gasteiger partial charge in [0.2, 0.25) is 0 Å². The number of hydrogen-bond donors (Lipinski definition) is 1. The lowest BCUT2D eigenvalue weighted by molar-refractivity contribution is -0.137. The van der Waals surface area contributed by atoms with E-state index in [9.17, 15) is 4.79 Å². The molecule has 0 aromatic carbocycles. The highest BCUT2D eigenvalue weighted by molar-refractivity contribution is 5.68. The van der Waals surface area contributed by atoms with E-state index in [-0.39, 0.29) is 12.3 Å². The number of carboxylic acid groups (broad SMARTS) is 1. The van der Waals surface area contributed by atoms with Crippen molar-refractivity contribution in [2.75, 3.05) is 0 Å². The van der Waals surface area contributed by atoms with Crippen LogP contribution in [-0.2, 0) is 17.6 Å². The Balaban J connectivity index is 2.24. The maximum Gasteiger partial charge on any atom is 0.304 e. The van der Waals surface area contributed by atoms with E-state index in [1.54, 1.807) is 0 Å². The van der Waals surface area contributed by atoms with Crippen molar-refractivity contribution in [3.63, 3.8) is 0 Å². The molecule has 0 radical (unpaired) electrons. The van der Waals surface area contributed by atoms with Crippen LogP contribution in [0.5, 0.6) is 0 Å². The van der Waals surface area contributed by atoms with Gasteiger partial charge in [-0.25, -0.2) is 0 Å². The zero-order valence-corrected chi connectivity index (χ0v) is 8.95. The molecule has 1 aromatic rings. The molecule has 1 N–H and O–H groups in total. The lowest BCUT2D eigenvalue weighted by Gasteiger charge is -2.18. The van der Waals surface area contributed by atoms with Gasteiger partial charge in [0, 0.05) is 12.3 Å². The van der Waals surface area contributed by atoms with Crippen LogP contribution in [0.2, 0.25) is 0 Å². The maximum absolute atomic E-state index is 10.7. The first-order valence-corrected chi connectivity index (χ1v) is 5.54. The van der Waals surface area contributed by atoms with Crippen molar-refractivity contribution in [2.45, 2.75) is 44.9 Å². The monoisotopic (exact) mass is 208 g/mol. The van der Waals surface area contributed by atoms with Crippen LogP contribution in [0, 0.1) is 0 Å². The third kappa shape index (κ3) is 2.06. The molecule has 1 heterocycles. The molecule has 0 saturated carbocycles. The average molecular weight is 208 g/mol. The van der Waals surface area contributed by atoms with Gasteiger partial charge in [0.25, 0.3) is 0 Å². The van der Waals surface area contributed by atoms with Gasteiger partial charge in [-0.05, 0) is 30.9 Å². The fourth-order valence-corrected chi connectivity index (χ4v) is 2.29. The summed E-state index contributed by atoms with van der Waals surface area (Å²) < 4.78 is 5.71. The largest absolute Gasteiger partial charge is 0.481 e. The van der Waals surface area contributed by atoms with Gasteiger partial charge in [0.05, 0.1) is 6.42 Å². The SMILES string of the molecule is CCc1cc2c(o1)C(CC(=O)O)CCC2. The molecule has 1 atom stereocenters. The zero-order chi connectivity index (χ0) is 10.8. The minimum atomic E-state index is -0.734. The first-order valence-electron chi connectivity index (χ1n) is 5.54.